The van der Waals surface area contributed by atoms with Gasteiger partial charge in [-0.05, 0) is 49.3 Å². The second kappa shape index (κ2) is 8.98. The fourth-order valence-corrected chi connectivity index (χ4v) is 2.67. The van der Waals surface area contributed by atoms with Crippen molar-refractivity contribution in [2.45, 2.75) is 25.7 Å². The molecule has 23 heavy (non-hydrogen) atoms. The minimum absolute atomic E-state index is 0.0981. The van der Waals surface area contributed by atoms with Gasteiger partial charge in [-0.1, -0.05) is 24.3 Å². The van der Waals surface area contributed by atoms with Crippen molar-refractivity contribution in [2.24, 2.45) is 5.92 Å². The molecule has 124 valence electrons. The van der Waals surface area contributed by atoms with Crippen LogP contribution in [-0.4, -0.2) is 32.1 Å². The molecule has 0 saturated carbocycles. The predicted octanol–water partition coefficient (Wildman–Crippen LogP) is 2.24. The molecule has 0 unspecified atom stereocenters. The van der Waals surface area contributed by atoms with Crippen molar-refractivity contribution in [3.8, 4) is 0 Å². The van der Waals surface area contributed by atoms with E-state index >= 15 is 0 Å². The summed E-state index contributed by atoms with van der Waals surface area (Å²) in [6, 6.07) is 7.33. The van der Waals surface area contributed by atoms with E-state index in [0.717, 1.165) is 31.4 Å². The molecular weight excluding hydrogens is 290 g/mol. The average molecular weight is 315 g/mol. The van der Waals surface area contributed by atoms with Crippen molar-refractivity contribution in [1.29, 1.82) is 0 Å². The van der Waals surface area contributed by atoms with Gasteiger partial charge in [-0.3, -0.25) is 4.79 Å². The smallest absolute Gasteiger partial charge is 0.314 e. The Hall–Kier alpha value is -2.30. The Labute approximate surface area is 137 Å². The molecule has 0 fully saturated rings. The molecule has 1 aromatic carbocycles. The highest BCUT2D eigenvalue weighted by Crippen LogP contribution is 2.16. The molecule has 2 rings (SSSR count). The molecule has 0 bridgehead atoms. The van der Waals surface area contributed by atoms with E-state index in [4.69, 9.17) is 0 Å². The molecule has 0 radical (unpaired) electrons. The Morgan fingerprint density at radius 3 is 2.83 bits per heavy atom. The summed E-state index contributed by atoms with van der Waals surface area (Å²) in [6.45, 7) is 1.27. The lowest BCUT2D eigenvalue weighted by molar-refractivity contribution is 0.0963. The second-order valence-electron chi connectivity index (χ2n) is 5.82. The van der Waals surface area contributed by atoms with E-state index in [0.29, 0.717) is 24.4 Å². The number of amides is 3. The summed E-state index contributed by atoms with van der Waals surface area (Å²) in [4.78, 5) is 23.4. The lowest BCUT2D eigenvalue weighted by Crippen LogP contribution is -2.39. The highest BCUT2D eigenvalue weighted by Gasteiger charge is 2.11. The molecule has 1 aliphatic rings. The molecule has 0 aromatic heterocycles. The maximum Gasteiger partial charge on any atom is 0.314 e. The first-order valence-electron chi connectivity index (χ1n) is 8.16. The first-order chi connectivity index (χ1) is 11.2. The predicted molar refractivity (Wildman–Crippen MR) is 91.4 cm³/mol. The van der Waals surface area contributed by atoms with Gasteiger partial charge in [0.25, 0.3) is 5.91 Å². The summed E-state index contributed by atoms with van der Waals surface area (Å²) < 4.78 is 0. The molecule has 1 aliphatic carbocycles. The van der Waals surface area contributed by atoms with Crippen LogP contribution in [0.2, 0.25) is 0 Å². The van der Waals surface area contributed by atoms with Crippen molar-refractivity contribution in [3.63, 3.8) is 0 Å². The molecule has 5 heteroatoms. The fourth-order valence-electron chi connectivity index (χ4n) is 2.67. The van der Waals surface area contributed by atoms with Crippen LogP contribution in [0.1, 0.15) is 35.2 Å². The monoisotopic (exact) mass is 315 g/mol. The second-order valence-corrected chi connectivity index (χ2v) is 5.82. The van der Waals surface area contributed by atoms with Gasteiger partial charge < -0.3 is 16.0 Å². The zero-order chi connectivity index (χ0) is 16.5. The molecule has 0 saturated heterocycles. The van der Waals surface area contributed by atoms with Crippen LogP contribution in [0, 0.1) is 5.92 Å². The normalized spacial score (nSPS) is 16.7. The fraction of sp³-hybridized carbons (Fsp3) is 0.444. The molecular formula is C18H25N3O2. The summed E-state index contributed by atoms with van der Waals surface area (Å²) in [7, 11) is 1.61. The SMILES string of the molecule is CNC(=O)c1cccc(CCNC(=O)NC[C@@H]2CC=CCC2)c1. The maximum atomic E-state index is 11.8. The zero-order valence-corrected chi connectivity index (χ0v) is 13.6. The van der Waals surface area contributed by atoms with E-state index in [1.165, 1.54) is 0 Å². The van der Waals surface area contributed by atoms with Gasteiger partial charge in [0.05, 0.1) is 0 Å². The molecule has 0 aliphatic heterocycles. The Bertz CT molecular complexity index is 569. The first kappa shape index (κ1) is 17.1. The molecule has 3 N–H and O–H groups in total. The Kier molecular flexibility index (Phi) is 6.66. The first-order valence-corrected chi connectivity index (χ1v) is 8.16. The van der Waals surface area contributed by atoms with Gasteiger partial charge in [0.2, 0.25) is 0 Å². The standard InChI is InChI=1S/C18H25N3O2/c1-19-17(22)16-9-5-8-14(12-16)10-11-20-18(23)21-13-15-6-3-2-4-7-15/h2-3,5,8-9,12,15H,4,6-7,10-11,13H2,1H3,(H,19,22)(H2,20,21,23)/t15-/m1/s1. The largest absolute Gasteiger partial charge is 0.355 e. The highest BCUT2D eigenvalue weighted by molar-refractivity contribution is 5.94. The summed E-state index contributed by atoms with van der Waals surface area (Å²) in [5, 5.41) is 8.40. The number of urea groups is 1. The van der Waals surface area contributed by atoms with Crippen molar-refractivity contribution in [1.82, 2.24) is 16.0 Å². The Balaban J connectivity index is 1.68. The summed E-state index contributed by atoms with van der Waals surface area (Å²) in [5.41, 5.74) is 1.67. The van der Waals surface area contributed by atoms with Gasteiger partial charge in [0, 0.05) is 25.7 Å². The molecule has 1 aromatic rings. The van der Waals surface area contributed by atoms with Gasteiger partial charge in [-0.2, -0.15) is 0 Å². The molecule has 0 spiro atoms. The van der Waals surface area contributed by atoms with Gasteiger partial charge in [0.1, 0.15) is 0 Å². The lowest BCUT2D eigenvalue weighted by Gasteiger charge is -2.18. The van der Waals surface area contributed by atoms with Crippen LogP contribution in [0.3, 0.4) is 0 Å². The van der Waals surface area contributed by atoms with Crippen LogP contribution < -0.4 is 16.0 Å². The molecule has 0 heterocycles. The number of carbonyl (C=O) groups excluding carboxylic acids is 2. The van der Waals surface area contributed by atoms with E-state index in [-0.39, 0.29) is 11.9 Å². The summed E-state index contributed by atoms with van der Waals surface area (Å²) in [5.74, 6) is 0.453. The highest BCUT2D eigenvalue weighted by atomic mass is 16.2. The summed E-state index contributed by atoms with van der Waals surface area (Å²) in [6.07, 6.45) is 8.38. The van der Waals surface area contributed by atoms with Gasteiger partial charge in [-0.15, -0.1) is 0 Å². The van der Waals surface area contributed by atoms with Crippen molar-refractivity contribution in [3.05, 3.63) is 47.5 Å². The topological polar surface area (TPSA) is 70.2 Å². The molecule has 3 amide bonds. The van der Waals surface area contributed by atoms with E-state index < -0.39 is 0 Å². The third kappa shape index (κ3) is 5.77. The number of hydrogen-bond donors (Lipinski definition) is 3. The maximum absolute atomic E-state index is 11.8. The van der Waals surface area contributed by atoms with Crippen molar-refractivity contribution in [2.75, 3.05) is 20.1 Å². The van der Waals surface area contributed by atoms with E-state index in [1.807, 2.05) is 18.2 Å². The van der Waals surface area contributed by atoms with Crippen LogP contribution >= 0.6 is 0 Å². The quantitative estimate of drug-likeness (QED) is 0.705. The number of benzene rings is 1. The van der Waals surface area contributed by atoms with Gasteiger partial charge in [0.15, 0.2) is 0 Å². The van der Waals surface area contributed by atoms with Crippen molar-refractivity contribution < 1.29 is 9.59 Å². The lowest BCUT2D eigenvalue weighted by atomic mass is 9.94. The van der Waals surface area contributed by atoms with E-state index in [1.54, 1.807) is 13.1 Å². The van der Waals surface area contributed by atoms with E-state index in [2.05, 4.69) is 28.1 Å². The van der Waals surface area contributed by atoms with Crippen LogP contribution in [-0.2, 0) is 6.42 Å². The Morgan fingerprint density at radius 2 is 2.09 bits per heavy atom. The van der Waals surface area contributed by atoms with E-state index in [9.17, 15) is 9.59 Å². The van der Waals surface area contributed by atoms with Crippen LogP contribution in [0.5, 0.6) is 0 Å². The number of rotatable bonds is 6. The van der Waals surface area contributed by atoms with Crippen molar-refractivity contribution >= 4 is 11.9 Å². The number of carbonyl (C=O) groups is 2. The van der Waals surface area contributed by atoms with Crippen LogP contribution in [0.4, 0.5) is 4.79 Å². The van der Waals surface area contributed by atoms with Crippen LogP contribution in [0.15, 0.2) is 36.4 Å². The number of allylic oxidation sites excluding steroid dienone is 2. The number of hydrogen-bond acceptors (Lipinski definition) is 2. The Morgan fingerprint density at radius 1 is 1.22 bits per heavy atom. The average Bonchev–Trinajstić information content (AvgIpc) is 2.60. The van der Waals surface area contributed by atoms with Gasteiger partial charge >= 0.3 is 6.03 Å². The van der Waals surface area contributed by atoms with Crippen LogP contribution in [0.25, 0.3) is 0 Å². The number of nitrogens with one attached hydrogen (secondary N) is 3. The third-order valence-corrected chi connectivity index (χ3v) is 4.04. The van der Waals surface area contributed by atoms with Gasteiger partial charge in [-0.25, -0.2) is 4.79 Å². The third-order valence-electron chi connectivity index (χ3n) is 4.04. The minimum atomic E-state index is -0.123. The molecule has 5 nitrogen and oxygen atoms in total. The molecule has 1 atom stereocenters. The summed E-state index contributed by atoms with van der Waals surface area (Å²) >= 11 is 0. The zero-order valence-electron chi connectivity index (χ0n) is 13.6. The minimum Gasteiger partial charge on any atom is -0.355 e.